The molecular weight excluding hydrogens is 332 g/mol. The molecular formula is C20H22N2O2S. The van der Waals surface area contributed by atoms with Crippen molar-refractivity contribution in [1.82, 2.24) is 5.01 Å². The lowest BCUT2D eigenvalue weighted by molar-refractivity contribution is -0.0180. The van der Waals surface area contributed by atoms with E-state index in [1.165, 1.54) is 5.56 Å². The van der Waals surface area contributed by atoms with Crippen molar-refractivity contribution < 1.29 is 9.84 Å². The van der Waals surface area contributed by atoms with Crippen LogP contribution in [0.5, 0.6) is 11.5 Å². The van der Waals surface area contributed by atoms with E-state index in [2.05, 4.69) is 17.3 Å². The van der Waals surface area contributed by atoms with Gasteiger partial charge in [0.25, 0.3) is 0 Å². The minimum Gasteiger partial charge on any atom is -0.507 e. The second-order valence-electron chi connectivity index (χ2n) is 6.56. The van der Waals surface area contributed by atoms with Crippen molar-refractivity contribution in [2.45, 2.75) is 32.0 Å². The van der Waals surface area contributed by atoms with Crippen LogP contribution in [0.4, 0.5) is 0 Å². The van der Waals surface area contributed by atoms with Gasteiger partial charge in [0.2, 0.25) is 0 Å². The van der Waals surface area contributed by atoms with Gasteiger partial charge < -0.3 is 9.84 Å². The van der Waals surface area contributed by atoms with Gasteiger partial charge in [0, 0.05) is 24.0 Å². The summed E-state index contributed by atoms with van der Waals surface area (Å²) in [6.07, 6.45) is 3.75. The summed E-state index contributed by atoms with van der Waals surface area (Å²) in [7, 11) is 0. The van der Waals surface area contributed by atoms with E-state index in [1.54, 1.807) is 6.07 Å². The molecule has 0 saturated heterocycles. The summed E-state index contributed by atoms with van der Waals surface area (Å²) in [6.45, 7) is 2.03. The summed E-state index contributed by atoms with van der Waals surface area (Å²) in [4.78, 5) is 0. The number of phenolic OH excluding ortho intramolecular Hbond substituents is 1. The van der Waals surface area contributed by atoms with Crippen LogP contribution in [0.15, 0.2) is 47.6 Å². The fourth-order valence-corrected chi connectivity index (χ4v) is 4.00. The molecule has 2 aliphatic heterocycles. The second kappa shape index (κ2) is 6.64. The van der Waals surface area contributed by atoms with Gasteiger partial charge in [-0.05, 0) is 37.1 Å². The van der Waals surface area contributed by atoms with Crippen LogP contribution in [0.3, 0.4) is 0 Å². The summed E-state index contributed by atoms with van der Waals surface area (Å²) in [5.41, 5.74) is 4.06. The number of fused-ring (bicyclic) bond motifs is 3. The maximum Gasteiger partial charge on any atom is 0.188 e. The van der Waals surface area contributed by atoms with E-state index in [9.17, 15) is 5.11 Å². The summed E-state index contributed by atoms with van der Waals surface area (Å²) in [5, 5.41) is 17.3. The first-order valence-corrected chi connectivity index (χ1v) is 9.97. The van der Waals surface area contributed by atoms with Gasteiger partial charge in [-0.25, -0.2) is 0 Å². The zero-order valence-corrected chi connectivity index (χ0v) is 15.3. The molecule has 0 radical (unpaired) electrons. The first-order valence-electron chi connectivity index (χ1n) is 8.57. The lowest BCUT2D eigenvalue weighted by atomic mass is 9.95. The highest BCUT2D eigenvalue weighted by Gasteiger charge is 2.40. The van der Waals surface area contributed by atoms with Gasteiger partial charge in [-0.1, -0.05) is 29.8 Å². The minimum atomic E-state index is -0.0585. The Morgan fingerprint density at radius 3 is 2.96 bits per heavy atom. The number of aromatic hydroxyl groups is 1. The van der Waals surface area contributed by atoms with Crippen molar-refractivity contribution in [2.24, 2.45) is 5.10 Å². The first-order chi connectivity index (χ1) is 12.2. The predicted molar refractivity (Wildman–Crippen MR) is 102 cm³/mol. The smallest absolute Gasteiger partial charge is 0.188 e. The van der Waals surface area contributed by atoms with Gasteiger partial charge in [0.15, 0.2) is 6.23 Å². The Morgan fingerprint density at radius 2 is 2.12 bits per heavy atom. The molecule has 0 aromatic heterocycles. The Hall–Kier alpha value is -2.14. The number of para-hydroxylation sites is 1. The van der Waals surface area contributed by atoms with Crippen LogP contribution >= 0.6 is 11.8 Å². The minimum absolute atomic E-state index is 0.0585. The summed E-state index contributed by atoms with van der Waals surface area (Å²) >= 11 is 1.82. The Balaban J connectivity index is 1.72. The third-order valence-corrected chi connectivity index (χ3v) is 5.45. The molecule has 1 N–H and O–H groups in total. The SMILES string of the molecule is CSCC[C@@H]1Oc2ccccc2[C@H]2CC(c3cc(C)ccc3O)=NN12. The van der Waals surface area contributed by atoms with Gasteiger partial charge in [-0.2, -0.15) is 16.9 Å². The molecule has 0 spiro atoms. The van der Waals surface area contributed by atoms with Crippen LogP contribution in [0.2, 0.25) is 0 Å². The molecule has 2 aromatic carbocycles. The zero-order valence-electron chi connectivity index (χ0n) is 14.5. The summed E-state index contributed by atoms with van der Waals surface area (Å²) < 4.78 is 6.23. The lowest BCUT2D eigenvalue weighted by Gasteiger charge is -2.38. The average molecular weight is 354 g/mol. The molecule has 2 aliphatic rings. The molecule has 0 saturated carbocycles. The van der Waals surface area contributed by atoms with E-state index < -0.39 is 0 Å². The van der Waals surface area contributed by atoms with Crippen LogP contribution in [0.1, 0.15) is 35.6 Å². The maximum absolute atomic E-state index is 10.3. The average Bonchev–Trinajstić information content (AvgIpc) is 3.07. The largest absolute Gasteiger partial charge is 0.507 e. The third kappa shape index (κ3) is 2.97. The molecule has 0 fully saturated rings. The van der Waals surface area contributed by atoms with Crippen molar-refractivity contribution in [2.75, 3.05) is 12.0 Å². The molecule has 2 atom stereocenters. The number of hydrogen-bond acceptors (Lipinski definition) is 5. The molecule has 0 aliphatic carbocycles. The van der Waals surface area contributed by atoms with Gasteiger partial charge in [0.1, 0.15) is 11.5 Å². The van der Waals surface area contributed by atoms with Crippen LogP contribution in [0.25, 0.3) is 0 Å². The van der Waals surface area contributed by atoms with Gasteiger partial charge >= 0.3 is 0 Å². The number of rotatable bonds is 4. The molecule has 5 heteroatoms. The normalized spacial score (nSPS) is 21.4. The Labute approximate surface area is 152 Å². The van der Waals surface area contributed by atoms with Crippen molar-refractivity contribution in [3.05, 3.63) is 59.2 Å². The monoisotopic (exact) mass is 354 g/mol. The van der Waals surface area contributed by atoms with Crippen LogP contribution in [-0.2, 0) is 0 Å². The van der Waals surface area contributed by atoms with E-state index in [0.717, 1.165) is 41.2 Å². The van der Waals surface area contributed by atoms with Crippen molar-refractivity contribution in [3.8, 4) is 11.5 Å². The lowest BCUT2D eigenvalue weighted by Crippen LogP contribution is -2.40. The molecule has 2 aromatic rings. The molecule has 4 nitrogen and oxygen atoms in total. The molecule has 4 rings (SSSR count). The van der Waals surface area contributed by atoms with E-state index in [4.69, 9.17) is 9.84 Å². The Kier molecular flexibility index (Phi) is 4.34. The molecule has 130 valence electrons. The highest BCUT2D eigenvalue weighted by Crippen LogP contribution is 2.44. The number of phenols is 1. The highest BCUT2D eigenvalue weighted by atomic mass is 32.2. The van der Waals surface area contributed by atoms with Crippen LogP contribution in [-0.4, -0.2) is 34.1 Å². The zero-order chi connectivity index (χ0) is 17.4. The van der Waals surface area contributed by atoms with E-state index in [-0.39, 0.29) is 12.3 Å². The number of ether oxygens (including phenoxy) is 1. The number of aryl methyl sites for hydroxylation is 1. The van der Waals surface area contributed by atoms with E-state index >= 15 is 0 Å². The van der Waals surface area contributed by atoms with Crippen molar-refractivity contribution >= 4 is 17.5 Å². The highest BCUT2D eigenvalue weighted by molar-refractivity contribution is 7.98. The van der Waals surface area contributed by atoms with E-state index in [1.807, 2.05) is 49.0 Å². The van der Waals surface area contributed by atoms with Crippen molar-refractivity contribution in [1.29, 1.82) is 0 Å². The second-order valence-corrected chi connectivity index (χ2v) is 7.54. The third-order valence-electron chi connectivity index (χ3n) is 4.81. The fraction of sp³-hybridized carbons (Fsp3) is 0.350. The van der Waals surface area contributed by atoms with Gasteiger partial charge in [-0.15, -0.1) is 0 Å². The molecule has 0 bridgehead atoms. The number of hydrogen-bond donors (Lipinski definition) is 1. The van der Waals surface area contributed by atoms with Crippen molar-refractivity contribution in [3.63, 3.8) is 0 Å². The number of hydrazone groups is 1. The topological polar surface area (TPSA) is 45.1 Å². The predicted octanol–water partition coefficient (Wildman–Crippen LogP) is 4.32. The number of nitrogens with zero attached hydrogens (tertiary/aromatic N) is 2. The van der Waals surface area contributed by atoms with Gasteiger partial charge in [0.05, 0.1) is 11.8 Å². The fourth-order valence-electron chi connectivity index (χ4n) is 3.56. The van der Waals surface area contributed by atoms with E-state index in [0.29, 0.717) is 5.75 Å². The molecule has 0 unspecified atom stereocenters. The number of thioether (sulfide) groups is 1. The summed E-state index contributed by atoms with van der Waals surface area (Å²) in [6, 6.07) is 14.1. The van der Waals surface area contributed by atoms with Gasteiger partial charge in [-0.3, -0.25) is 5.01 Å². The molecule has 2 heterocycles. The number of benzene rings is 2. The first kappa shape index (κ1) is 16.3. The molecule has 0 amide bonds. The standard InChI is InChI=1S/C20H22N2O2S/c1-13-7-8-18(23)15(11-13)16-12-17-14-5-3-4-6-19(14)24-20(9-10-25-2)22(17)21-16/h3-8,11,17,20,23H,9-10,12H2,1-2H3/t17-,20+/m1/s1. The Bertz CT molecular complexity index is 821. The molecule has 25 heavy (non-hydrogen) atoms. The van der Waals surface area contributed by atoms with Crippen LogP contribution < -0.4 is 4.74 Å². The van der Waals surface area contributed by atoms with Crippen LogP contribution in [0, 0.1) is 6.92 Å². The summed E-state index contributed by atoms with van der Waals surface area (Å²) in [5.74, 6) is 2.27. The quantitative estimate of drug-likeness (QED) is 0.888. The Morgan fingerprint density at radius 1 is 1.28 bits per heavy atom. The maximum atomic E-state index is 10.3.